The monoisotopic (exact) mass is 257 g/mol. The first-order valence-electron chi connectivity index (χ1n) is 7.30. The van der Waals surface area contributed by atoms with Gasteiger partial charge in [0.25, 0.3) is 5.91 Å². The molecular formula is C16H19NO2. The van der Waals surface area contributed by atoms with Gasteiger partial charge in [0, 0.05) is 12.0 Å². The number of hydrogen-bond acceptors (Lipinski definition) is 2. The van der Waals surface area contributed by atoms with Crippen LogP contribution >= 0.6 is 0 Å². The first kappa shape index (κ1) is 11.5. The highest BCUT2D eigenvalue weighted by molar-refractivity contribution is 5.85. The van der Waals surface area contributed by atoms with Crippen LogP contribution in [0.15, 0.2) is 24.3 Å². The van der Waals surface area contributed by atoms with Crippen LogP contribution in [0.1, 0.15) is 49.3 Å². The van der Waals surface area contributed by atoms with E-state index in [1.54, 1.807) is 0 Å². The normalized spacial score (nSPS) is 31.6. The zero-order valence-electron chi connectivity index (χ0n) is 11.0. The zero-order valence-corrected chi connectivity index (χ0v) is 11.0. The van der Waals surface area contributed by atoms with Gasteiger partial charge in [-0.1, -0.05) is 37.1 Å². The molecule has 3 heteroatoms. The Hall–Kier alpha value is -1.35. The molecule has 2 fully saturated rings. The molecule has 1 saturated heterocycles. The quantitative estimate of drug-likeness (QED) is 0.774. The second kappa shape index (κ2) is 3.83. The average Bonchev–Trinajstić information content (AvgIpc) is 2.97. The van der Waals surface area contributed by atoms with E-state index in [2.05, 4.69) is 18.2 Å². The standard InChI is InChI=1S/C16H19NO2/c18-14-9-13-12-6-2-1-5-11(12)10-16(7-3-4-8-16)17(13)15(14)19/h1-2,5-6,13-14,18H,3-4,7-10H2/t13-,14+/m1/s1. The maximum absolute atomic E-state index is 12.4. The Morgan fingerprint density at radius 1 is 1.21 bits per heavy atom. The lowest BCUT2D eigenvalue weighted by Crippen LogP contribution is -2.53. The highest BCUT2D eigenvalue weighted by Crippen LogP contribution is 2.51. The first-order valence-corrected chi connectivity index (χ1v) is 7.30. The smallest absolute Gasteiger partial charge is 0.252 e. The van der Waals surface area contributed by atoms with Gasteiger partial charge in [0.05, 0.1) is 6.04 Å². The highest BCUT2D eigenvalue weighted by atomic mass is 16.3. The van der Waals surface area contributed by atoms with E-state index in [9.17, 15) is 9.90 Å². The third-order valence-electron chi connectivity index (χ3n) is 5.26. The minimum absolute atomic E-state index is 0.00637. The molecule has 0 radical (unpaired) electrons. The Morgan fingerprint density at radius 3 is 2.74 bits per heavy atom. The second-order valence-corrected chi connectivity index (χ2v) is 6.28. The van der Waals surface area contributed by atoms with Gasteiger partial charge in [-0.05, 0) is 30.4 Å². The van der Waals surface area contributed by atoms with Gasteiger partial charge >= 0.3 is 0 Å². The first-order chi connectivity index (χ1) is 9.21. The van der Waals surface area contributed by atoms with E-state index in [-0.39, 0.29) is 17.5 Å². The fraction of sp³-hybridized carbons (Fsp3) is 0.562. The third kappa shape index (κ3) is 1.45. The number of carbonyl (C=O) groups is 1. The Bertz CT molecular complexity index is 533. The predicted octanol–water partition coefficient (Wildman–Crippen LogP) is 2.19. The van der Waals surface area contributed by atoms with Crippen molar-refractivity contribution < 1.29 is 9.90 Å². The Balaban J connectivity index is 1.87. The molecule has 1 saturated carbocycles. The molecule has 4 rings (SSSR count). The fourth-order valence-corrected chi connectivity index (χ4v) is 4.47. The lowest BCUT2D eigenvalue weighted by molar-refractivity contribution is -0.142. The van der Waals surface area contributed by atoms with Crippen molar-refractivity contribution in [2.45, 2.75) is 56.2 Å². The van der Waals surface area contributed by atoms with Gasteiger partial charge in [0.1, 0.15) is 6.10 Å². The molecule has 0 bridgehead atoms. The lowest BCUT2D eigenvalue weighted by atomic mass is 9.79. The maximum atomic E-state index is 12.4. The molecular weight excluding hydrogens is 238 g/mol. The van der Waals surface area contributed by atoms with Crippen molar-refractivity contribution in [2.24, 2.45) is 0 Å². The number of nitrogens with zero attached hydrogens (tertiary/aromatic N) is 1. The van der Waals surface area contributed by atoms with Gasteiger partial charge in [-0.25, -0.2) is 0 Å². The zero-order chi connectivity index (χ0) is 13.0. The van der Waals surface area contributed by atoms with Gasteiger partial charge in [-0.15, -0.1) is 0 Å². The van der Waals surface area contributed by atoms with Crippen molar-refractivity contribution in [1.82, 2.24) is 4.90 Å². The van der Waals surface area contributed by atoms with Crippen LogP contribution in [0.25, 0.3) is 0 Å². The van der Waals surface area contributed by atoms with E-state index < -0.39 is 6.10 Å². The van der Waals surface area contributed by atoms with Crippen molar-refractivity contribution in [3.8, 4) is 0 Å². The average molecular weight is 257 g/mol. The van der Waals surface area contributed by atoms with E-state index in [0.29, 0.717) is 6.42 Å². The van der Waals surface area contributed by atoms with Gasteiger partial charge in [0.15, 0.2) is 0 Å². The molecule has 3 nitrogen and oxygen atoms in total. The molecule has 1 aromatic rings. The van der Waals surface area contributed by atoms with Crippen LogP contribution < -0.4 is 0 Å². The van der Waals surface area contributed by atoms with Gasteiger partial charge in [-0.2, -0.15) is 0 Å². The summed E-state index contributed by atoms with van der Waals surface area (Å²) in [4.78, 5) is 14.4. The molecule has 0 aromatic heterocycles. The number of carbonyl (C=O) groups excluding carboxylic acids is 1. The van der Waals surface area contributed by atoms with Crippen LogP contribution in [-0.4, -0.2) is 27.6 Å². The maximum Gasteiger partial charge on any atom is 0.252 e. The molecule has 2 atom stereocenters. The van der Waals surface area contributed by atoms with Gasteiger partial charge in [-0.3, -0.25) is 4.79 Å². The van der Waals surface area contributed by atoms with Gasteiger partial charge in [0.2, 0.25) is 0 Å². The van der Waals surface area contributed by atoms with E-state index in [1.165, 1.54) is 24.0 Å². The minimum atomic E-state index is -0.798. The second-order valence-electron chi connectivity index (χ2n) is 6.28. The highest BCUT2D eigenvalue weighted by Gasteiger charge is 2.54. The van der Waals surface area contributed by atoms with Crippen molar-refractivity contribution >= 4 is 5.91 Å². The predicted molar refractivity (Wildman–Crippen MR) is 71.6 cm³/mol. The molecule has 1 aromatic carbocycles. The molecule has 1 spiro atoms. The number of benzene rings is 1. The Labute approximate surface area is 113 Å². The lowest BCUT2D eigenvalue weighted by Gasteiger charge is -2.47. The van der Waals surface area contributed by atoms with Crippen LogP contribution in [-0.2, 0) is 11.2 Å². The number of amides is 1. The molecule has 1 aliphatic carbocycles. The Morgan fingerprint density at radius 2 is 1.95 bits per heavy atom. The summed E-state index contributed by atoms with van der Waals surface area (Å²) in [5.41, 5.74) is 2.63. The van der Waals surface area contributed by atoms with E-state index in [4.69, 9.17) is 0 Å². The summed E-state index contributed by atoms with van der Waals surface area (Å²) in [6.45, 7) is 0. The molecule has 0 unspecified atom stereocenters. The number of rotatable bonds is 0. The summed E-state index contributed by atoms with van der Waals surface area (Å²) in [6.07, 6.45) is 5.33. The van der Waals surface area contributed by atoms with Gasteiger partial charge < -0.3 is 10.0 Å². The fourth-order valence-electron chi connectivity index (χ4n) is 4.47. The molecule has 2 heterocycles. The largest absolute Gasteiger partial charge is 0.383 e. The number of fused-ring (bicyclic) bond motifs is 4. The van der Waals surface area contributed by atoms with Crippen molar-refractivity contribution in [1.29, 1.82) is 0 Å². The molecule has 100 valence electrons. The number of aliphatic hydroxyl groups excluding tert-OH is 1. The van der Waals surface area contributed by atoms with E-state index in [1.807, 2.05) is 11.0 Å². The van der Waals surface area contributed by atoms with Crippen LogP contribution in [0.5, 0.6) is 0 Å². The molecule has 2 aliphatic heterocycles. The van der Waals surface area contributed by atoms with Crippen LogP contribution in [0.4, 0.5) is 0 Å². The van der Waals surface area contributed by atoms with Crippen LogP contribution in [0.3, 0.4) is 0 Å². The van der Waals surface area contributed by atoms with Crippen molar-refractivity contribution in [3.05, 3.63) is 35.4 Å². The summed E-state index contributed by atoms with van der Waals surface area (Å²) in [5, 5.41) is 10.0. The summed E-state index contributed by atoms with van der Waals surface area (Å²) in [6, 6.07) is 8.55. The minimum Gasteiger partial charge on any atom is -0.383 e. The number of hydrogen-bond donors (Lipinski definition) is 1. The SMILES string of the molecule is O=C1[C@@H](O)C[C@@H]2c3ccccc3CC3(CCCC3)N12. The molecule has 1 amide bonds. The number of aliphatic hydroxyl groups is 1. The van der Waals surface area contributed by atoms with E-state index in [0.717, 1.165) is 19.3 Å². The summed E-state index contributed by atoms with van der Waals surface area (Å²) < 4.78 is 0. The summed E-state index contributed by atoms with van der Waals surface area (Å²) in [7, 11) is 0. The molecule has 3 aliphatic rings. The van der Waals surface area contributed by atoms with E-state index >= 15 is 0 Å². The third-order valence-corrected chi connectivity index (χ3v) is 5.26. The Kier molecular flexibility index (Phi) is 2.31. The molecule has 19 heavy (non-hydrogen) atoms. The summed E-state index contributed by atoms with van der Waals surface area (Å²) in [5.74, 6) is -0.0404. The van der Waals surface area contributed by atoms with Crippen molar-refractivity contribution in [3.63, 3.8) is 0 Å². The van der Waals surface area contributed by atoms with Crippen LogP contribution in [0, 0.1) is 0 Å². The van der Waals surface area contributed by atoms with Crippen LogP contribution in [0.2, 0.25) is 0 Å². The van der Waals surface area contributed by atoms with Crippen molar-refractivity contribution in [2.75, 3.05) is 0 Å². The topological polar surface area (TPSA) is 40.5 Å². The summed E-state index contributed by atoms with van der Waals surface area (Å²) >= 11 is 0. The molecule has 1 N–H and O–H groups in total.